The van der Waals surface area contributed by atoms with Gasteiger partial charge in [0.15, 0.2) is 0 Å². The molecule has 0 aliphatic carbocycles. The Labute approximate surface area is 53.4 Å². The summed E-state index contributed by atoms with van der Waals surface area (Å²) in [6, 6.07) is 6.40. The van der Waals surface area contributed by atoms with Crippen LogP contribution in [0.1, 0.15) is 0 Å². The molecule has 0 saturated carbocycles. The van der Waals surface area contributed by atoms with Gasteiger partial charge in [-0.15, -0.1) is 0 Å². The molecule has 0 aliphatic heterocycles. The maximum atomic E-state index is 10.1. The van der Waals surface area contributed by atoms with Gasteiger partial charge in [-0.05, 0) is 0 Å². The minimum absolute atomic E-state index is 0.0347. The van der Waals surface area contributed by atoms with E-state index in [-0.39, 0.29) is 5.75 Å². The number of benzene rings is 1. The van der Waals surface area contributed by atoms with Crippen LogP contribution in [0.2, 0.25) is 0 Å². The molecule has 9 heavy (non-hydrogen) atoms. The second-order valence-corrected chi connectivity index (χ2v) is 1.68. The predicted molar refractivity (Wildman–Crippen MR) is 34.2 cm³/mol. The van der Waals surface area contributed by atoms with Crippen LogP contribution >= 0.6 is 0 Å². The Hall–Kier alpha value is -1.12. The summed E-state index contributed by atoms with van der Waals surface area (Å²) in [5.74, 6) is 0.0347. The quantitative estimate of drug-likeness (QED) is 0.532. The maximum absolute atomic E-state index is 10.1. The van der Waals surface area contributed by atoms with Crippen LogP contribution < -0.4 is 5.46 Å². The van der Waals surface area contributed by atoms with Crippen LogP contribution in [0.3, 0.4) is 0 Å². The van der Waals surface area contributed by atoms with Crippen molar-refractivity contribution in [2.24, 2.45) is 0 Å². The van der Waals surface area contributed by atoms with Crippen LogP contribution in [0.25, 0.3) is 0 Å². The molecule has 0 saturated heterocycles. The van der Waals surface area contributed by atoms with Gasteiger partial charge in [0.05, 0.1) is 0 Å². The normalized spacial score (nSPS) is 8.44. The minimum atomic E-state index is 0.0347. The third kappa shape index (κ3) is 1.16. The Bertz CT molecular complexity index is 222. The Morgan fingerprint density at radius 3 is 2.44 bits per heavy atom. The van der Waals surface area contributed by atoms with Gasteiger partial charge in [0.2, 0.25) is 0 Å². The topological polar surface area (TPSA) is 37.3 Å². The average molecular weight is 120 g/mol. The van der Waals surface area contributed by atoms with Crippen molar-refractivity contribution in [3.63, 3.8) is 0 Å². The monoisotopic (exact) mass is 120 g/mol. The van der Waals surface area contributed by atoms with Gasteiger partial charge >= 0.3 is 52.4 Å². The van der Waals surface area contributed by atoms with Gasteiger partial charge in [-0.1, -0.05) is 0 Å². The van der Waals surface area contributed by atoms with Gasteiger partial charge in [0.25, 0.3) is 0 Å². The van der Waals surface area contributed by atoms with Gasteiger partial charge in [-0.2, -0.15) is 0 Å². The van der Waals surface area contributed by atoms with E-state index in [1.54, 1.807) is 18.2 Å². The third-order valence-electron chi connectivity index (χ3n) is 1.06. The first-order valence-corrected chi connectivity index (χ1v) is 2.58. The predicted octanol–water partition coefficient (Wildman–Crippen LogP) is 0.0672. The summed E-state index contributed by atoms with van der Waals surface area (Å²) < 4.78 is 10.1. The molecule has 0 heterocycles. The molecule has 0 aliphatic rings. The zero-order valence-corrected chi connectivity index (χ0v) is 4.74. The molecule has 1 aromatic carbocycles. The summed E-state index contributed by atoms with van der Waals surface area (Å²) in [6.45, 7) is 0. The summed E-state index contributed by atoms with van der Waals surface area (Å²) >= 11 is 0. The van der Waals surface area contributed by atoms with Crippen LogP contribution in [0.15, 0.2) is 24.3 Å². The Balaban J connectivity index is 3.15. The van der Waals surface area contributed by atoms with Crippen molar-refractivity contribution < 1.29 is 9.81 Å². The molecule has 0 unspecified atom stereocenters. The molecule has 44 valence electrons. The number of hydrogen-bond acceptors (Lipinski definition) is 2. The van der Waals surface area contributed by atoms with E-state index in [0.717, 1.165) is 0 Å². The van der Waals surface area contributed by atoms with Crippen LogP contribution in [-0.2, 0) is 4.70 Å². The number of phenolic OH excluding ortho intramolecular Hbond substituents is 1. The number of rotatable bonds is 1. The summed E-state index contributed by atoms with van der Waals surface area (Å²) in [7, 11) is 0.620. The molecule has 0 spiro atoms. The zero-order chi connectivity index (χ0) is 6.69. The number of hydrogen-bond donors (Lipinski definition) is 1. The molecule has 0 atom stereocenters. The number of para-hydroxylation sites is 1. The molecule has 0 bridgehead atoms. The second kappa shape index (κ2) is 2.44. The summed E-state index contributed by atoms with van der Waals surface area (Å²) in [6.07, 6.45) is 0. The van der Waals surface area contributed by atoms with E-state index in [9.17, 15) is 4.70 Å². The van der Waals surface area contributed by atoms with E-state index in [4.69, 9.17) is 5.11 Å². The fourth-order valence-corrected chi connectivity index (χ4v) is 0.587. The molecule has 0 fully saturated rings. The SMILES string of the molecule is O=Bc1ccccc1O. The molecular formula is C6H5BO2. The van der Waals surface area contributed by atoms with Gasteiger partial charge in [-0.3, -0.25) is 0 Å². The third-order valence-corrected chi connectivity index (χ3v) is 1.06. The van der Waals surface area contributed by atoms with Crippen molar-refractivity contribution in [1.29, 1.82) is 0 Å². The van der Waals surface area contributed by atoms with Gasteiger partial charge in [-0.25, -0.2) is 0 Å². The standard InChI is InChI=1S/C6H5BO2/c8-6-4-2-1-3-5(6)7-9/h1-4,8H. The average Bonchev–Trinajstić information content (AvgIpc) is 1.89. The molecule has 1 rings (SSSR count). The molecule has 0 amide bonds. The number of phenols is 1. The van der Waals surface area contributed by atoms with E-state index in [0.29, 0.717) is 12.6 Å². The van der Waals surface area contributed by atoms with Crippen molar-refractivity contribution in [1.82, 2.24) is 0 Å². The molecule has 0 aromatic heterocycles. The van der Waals surface area contributed by atoms with E-state index < -0.39 is 0 Å². The molecule has 0 radical (unpaired) electrons. The van der Waals surface area contributed by atoms with Gasteiger partial charge in [0.1, 0.15) is 0 Å². The molecule has 1 N–H and O–H groups in total. The Morgan fingerprint density at radius 1 is 1.33 bits per heavy atom. The van der Waals surface area contributed by atoms with Gasteiger partial charge < -0.3 is 0 Å². The Kier molecular flexibility index (Phi) is 1.63. The van der Waals surface area contributed by atoms with Crippen LogP contribution in [-0.4, -0.2) is 12.3 Å². The van der Waals surface area contributed by atoms with E-state index in [1.807, 2.05) is 0 Å². The first kappa shape index (κ1) is 6.01. The van der Waals surface area contributed by atoms with Gasteiger partial charge in [0, 0.05) is 0 Å². The van der Waals surface area contributed by atoms with Crippen LogP contribution in [0, 0.1) is 0 Å². The molecule has 1 aromatic rings. The van der Waals surface area contributed by atoms with Crippen LogP contribution in [0.5, 0.6) is 5.75 Å². The molecular weight excluding hydrogens is 115 g/mol. The van der Waals surface area contributed by atoms with Crippen LogP contribution in [0.4, 0.5) is 0 Å². The van der Waals surface area contributed by atoms with Crippen molar-refractivity contribution >= 4 is 12.6 Å². The van der Waals surface area contributed by atoms with E-state index >= 15 is 0 Å². The van der Waals surface area contributed by atoms with Crippen molar-refractivity contribution in [2.75, 3.05) is 0 Å². The molecule has 2 nitrogen and oxygen atoms in total. The summed E-state index contributed by atoms with van der Waals surface area (Å²) in [4.78, 5) is 0. The summed E-state index contributed by atoms with van der Waals surface area (Å²) in [5.41, 5.74) is 0.331. The van der Waals surface area contributed by atoms with E-state index in [2.05, 4.69) is 0 Å². The van der Waals surface area contributed by atoms with Crippen molar-refractivity contribution in [2.45, 2.75) is 0 Å². The van der Waals surface area contributed by atoms with E-state index in [1.165, 1.54) is 6.07 Å². The first-order valence-electron chi connectivity index (χ1n) is 2.58. The number of aromatic hydroxyl groups is 1. The zero-order valence-electron chi connectivity index (χ0n) is 4.74. The van der Waals surface area contributed by atoms with Crippen molar-refractivity contribution in [3.8, 4) is 5.75 Å². The second-order valence-electron chi connectivity index (χ2n) is 1.68. The summed E-state index contributed by atoms with van der Waals surface area (Å²) in [5, 5.41) is 8.88. The first-order chi connectivity index (χ1) is 4.34. The fraction of sp³-hybridized carbons (Fsp3) is 0. The van der Waals surface area contributed by atoms with Crippen molar-refractivity contribution in [3.05, 3.63) is 24.3 Å². The fourth-order valence-electron chi connectivity index (χ4n) is 0.587. The Morgan fingerprint density at radius 2 is 2.00 bits per heavy atom. The molecule has 3 heteroatoms.